The van der Waals surface area contributed by atoms with Gasteiger partial charge >= 0.3 is 0 Å². The van der Waals surface area contributed by atoms with Crippen LogP contribution in [0.25, 0.3) is 27.9 Å². The summed E-state index contributed by atoms with van der Waals surface area (Å²) in [4.78, 5) is 17.3. The summed E-state index contributed by atoms with van der Waals surface area (Å²) in [6.07, 6.45) is 0. The number of rotatable bonds is 2. The lowest BCUT2D eigenvalue weighted by atomic mass is 10.1. The van der Waals surface area contributed by atoms with Crippen molar-refractivity contribution in [3.05, 3.63) is 65.0 Å². The van der Waals surface area contributed by atoms with Crippen LogP contribution in [0.2, 0.25) is 0 Å². The van der Waals surface area contributed by atoms with E-state index in [2.05, 4.69) is 4.98 Å². The Hall–Kier alpha value is -3.08. The lowest BCUT2D eigenvalue weighted by Gasteiger charge is -2.06. The Balaban J connectivity index is 2.22. The summed E-state index contributed by atoms with van der Waals surface area (Å²) >= 11 is 0. The standard InChI is InChI=1S/C18H15N3O2/c1-2-20-13-10-6-7-11-14(13)21-17(23)15(16(22)19-18(20)21)12-8-4-3-5-9-12/h3-11,22H,2H2,1H3. The van der Waals surface area contributed by atoms with E-state index in [1.54, 1.807) is 16.5 Å². The van der Waals surface area contributed by atoms with E-state index < -0.39 is 0 Å². The minimum atomic E-state index is -0.262. The third-order valence-electron chi connectivity index (χ3n) is 4.08. The first-order valence-electron chi connectivity index (χ1n) is 7.50. The van der Waals surface area contributed by atoms with E-state index in [0.29, 0.717) is 17.9 Å². The van der Waals surface area contributed by atoms with E-state index in [1.807, 2.05) is 54.0 Å². The van der Waals surface area contributed by atoms with Gasteiger partial charge in [-0.05, 0) is 24.6 Å². The molecule has 0 amide bonds. The van der Waals surface area contributed by atoms with E-state index in [9.17, 15) is 9.90 Å². The molecule has 4 rings (SSSR count). The maximum Gasteiger partial charge on any atom is 0.271 e. The molecule has 2 aromatic heterocycles. The topological polar surface area (TPSA) is 59.5 Å². The van der Waals surface area contributed by atoms with Gasteiger partial charge in [-0.15, -0.1) is 0 Å². The second-order valence-corrected chi connectivity index (χ2v) is 5.35. The molecule has 5 nitrogen and oxygen atoms in total. The molecular weight excluding hydrogens is 290 g/mol. The highest BCUT2D eigenvalue weighted by Crippen LogP contribution is 2.26. The van der Waals surface area contributed by atoms with Gasteiger partial charge in [0, 0.05) is 6.54 Å². The van der Waals surface area contributed by atoms with Crippen LogP contribution < -0.4 is 5.56 Å². The molecule has 1 N–H and O–H groups in total. The van der Waals surface area contributed by atoms with Crippen molar-refractivity contribution >= 4 is 16.8 Å². The molecule has 0 saturated heterocycles. The zero-order valence-corrected chi connectivity index (χ0v) is 12.6. The summed E-state index contributed by atoms with van der Waals surface area (Å²) in [7, 11) is 0. The Kier molecular flexibility index (Phi) is 2.94. The van der Waals surface area contributed by atoms with Gasteiger partial charge in [0.15, 0.2) is 0 Å². The normalized spacial score (nSPS) is 11.3. The molecule has 4 aromatic rings. The molecule has 5 heteroatoms. The Labute approximate surface area is 132 Å². The number of imidazole rings is 1. The fourth-order valence-electron chi connectivity index (χ4n) is 3.06. The minimum Gasteiger partial charge on any atom is -0.493 e. The molecule has 23 heavy (non-hydrogen) atoms. The van der Waals surface area contributed by atoms with Gasteiger partial charge in [0.25, 0.3) is 5.56 Å². The number of aryl methyl sites for hydroxylation is 1. The fraction of sp³-hybridized carbons (Fsp3) is 0.111. The van der Waals surface area contributed by atoms with Crippen molar-refractivity contribution in [2.24, 2.45) is 0 Å². The van der Waals surface area contributed by atoms with E-state index in [0.717, 1.165) is 11.0 Å². The van der Waals surface area contributed by atoms with E-state index >= 15 is 0 Å². The van der Waals surface area contributed by atoms with Crippen molar-refractivity contribution < 1.29 is 5.11 Å². The molecule has 2 heterocycles. The maximum atomic E-state index is 13.0. The van der Waals surface area contributed by atoms with Gasteiger partial charge in [-0.2, -0.15) is 4.98 Å². The highest BCUT2D eigenvalue weighted by Gasteiger charge is 2.19. The lowest BCUT2D eigenvalue weighted by Crippen LogP contribution is -2.17. The zero-order chi connectivity index (χ0) is 16.0. The first-order valence-corrected chi connectivity index (χ1v) is 7.50. The van der Waals surface area contributed by atoms with Gasteiger partial charge in [-0.1, -0.05) is 42.5 Å². The molecule has 0 spiro atoms. The molecule has 0 atom stereocenters. The van der Waals surface area contributed by atoms with Crippen molar-refractivity contribution in [1.29, 1.82) is 0 Å². The number of hydrogen-bond acceptors (Lipinski definition) is 3. The lowest BCUT2D eigenvalue weighted by molar-refractivity contribution is 0.454. The first kappa shape index (κ1) is 13.6. The molecule has 0 radical (unpaired) electrons. The Morgan fingerprint density at radius 2 is 1.65 bits per heavy atom. The Morgan fingerprint density at radius 3 is 2.35 bits per heavy atom. The third kappa shape index (κ3) is 1.86. The number of aromatic nitrogens is 3. The number of hydrogen-bond donors (Lipinski definition) is 1. The average Bonchev–Trinajstić information content (AvgIpc) is 2.89. The van der Waals surface area contributed by atoms with E-state index in [-0.39, 0.29) is 17.0 Å². The molecule has 0 aliphatic rings. The summed E-state index contributed by atoms with van der Waals surface area (Å²) in [5, 5.41) is 10.4. The molecule has 0 aliphatic carbocycles. The minimum absolute atomic E-state index is 0.224. The summed E-state index contributed by atoms with van der Waals surface area (Å²) in [5.74, 6) is 0.217. The second-order valence-electron chi connectivity index (χ2n) is 5.35. The van der Waals surface area contributed by atoms with Crippen LogP contribution in [0.3, 0.4) is 0 Å². The van der Waals surface area contributed by atoms with Gasteiger partial charge in [0.1, 0.15) is 5.56 Å². The molecule has 0 unspecified atom stereocenters. The van der Waals surface area contributed by atoms with Crippen LogP contribution in [0.4, 0.5) is 0 Å². The quantitative estimate of drug-likeness (QED) is 0.619. The van der Waals surface area contributed by atoms with Crippen molar-refractivity contribution in [1.82, 2.24) is 14.0 Å². The van der Waals surface area contributed by atoms with Crippen LogP contribution in [0.5, 0.6) is 5.88 Å². The summed E-state index contributed by atoms with van der Waals surface area (Å²) in [6, 6.07) is 16.8. The Morgan fingerprint density at radius 1 is 1.00 bits per heavy atom. The van der Waals surface area contributed by atoms with Crippen LogP contribution in [0.1, 0.15) is 6.92 Å². The van der Waals surface area contributed by atoms with E-state index in [4.69, 9.17) is 0 Å². The number of para-hydroxylation sites is 2. The van der Waals surface area contributed by atoms with Gasteiger partial charge in [0.05, 0.1) is 11.0 Å². The molecular formula is C18H15N3O2. The number of nitrogens with zero attached hydrogens (tertiary/aromatic N) is 3. The van der Waals surface area contributed by atoms with Crippen LogP contribution in [0.15, 0.2) is 59.4 Å². The summed E-state index contributed by atoms with van der Waals surface area (Å²) in [5.41, 5.74) is 2.33. The maximum absolute atomic E-state index is 13.0. The van der Waals surface area contributed by atoms with Crippen LogP contribution in [0, 0.1) is 0 Å². The largest absolute Gasteiger partial charge is 0.493 e. The number of fused-ring (bicyclic) bond motifs is 3. The summed E-state index contributed by atoms with van der Waals surface area (Å²) < 4.78 is 3.49. The van der Waals surface area contributed by atoms with E-state index in [1.165, 1.54) is 0 Å². The highest BCUT2D eigenvalue weighted by molar-refractivity contribution is 5.82. The van der Waals surface area contributed by atoms with Crippen LogP contribution >= 0.6 is 0 Å². The molecule has 2 aromatic carbocycles. The van der Waals surface area contributed by atoms with Gasteiger partial charge in [0.2, 0.25) is 11.7 Å². The number of aromatic hydroxyl groups is 1. The fourth-order valence-corrected chi connectivity index (χ4v) is 3.06. The first-order chi connectivity index (χ1) is 11.2. The predicted octanol–water partition coefficient (Wildman–Crippen LogP) is 3.04. The van der Waals surface area contributed by atoms with Gasteiger partial charge in [-0.25, -0.2) is 4.40 Å². The van der Waals surface area contributed by atoms with Gasteiger partial charge < -0.3 is 9.67 Å². The monoisotopic (exact) mass is 305 g/mol. The molecule has 0 saturated carbocycles. The Bertz CT molecular complexity index is 1080. The zero-order valence-electron chi connectivity index (χ0n) is 12.6. The van der Waals surface area contributed by atoms with Crippen molar-refractivity contribution in [3.63, 3.8) is 0 Å². The second kappa shape index (κ2) is 4.98. The van der Waals surface area contributed by atoms with Gasteiger partial charge in [-0.3, -0.25) is 4.79 Å². The molecule has 114 valence electrons. The molecule has 0 aliphatic heterocycles. The summed E-state index contributed by atoms with van der Waals surface area (Å²) in [6.45, 7) is 2.65. The highest BCUT2D eigenvalue weighted by atomic mass is 16.3. The molecule has 0 fully saturated rings. The smallest absolute Gasteiger partial charge is 0.271 e. The van der Waals surface area contributed by atoms with Crippen molar-refractivity contribution in [3.8, 4) is 17.0 Å². The van der Waals surface area contributed by atoms with Crippen molar-refractivity contribution in [2.45, 2.75) is 13.5 Å². The van der Waals surface area contributed by atoms with Crippen LogP contribution in [-0.4, -0.2) is 19.1 Å². The SMILES string of the molecule is CCn1c2ccccc2n2c(=O)c(-c3ccccc3)c(O)nc12. The predicted molar refractivity (Wildman–Crippen MR) is 89.7 cm³/mol. The van der Waals surface area contributed by atoms with Crippen molar-refractivity contribution in [2.75, 3.05) is 0 Å². The third-order valence-corrected chi connectivity index (χ3v) is 4.08. The number of benzene rings is 2. The van der Waals surface area contributed by atoms with Crippen LogP contribution in [-0.2, 0) is 6.54 Å². The average molecular weight is 305 g/mol. The molecule has 0 bridgehead atoms.